The number of ether oxygens (including phenoxy) is 1. The van der Waals surface area contributed by atoms with Crippen LogP contribution in [0.2, 0.25) is 0 Å². The van der Waals surface area contributed by atoms with Gasteiger partial charge in [-0.1, -0.05) is 101 Å². The van der Waals surface area contributed by atoms with E-state index in [1.807, 2.05) is 24.3 Å². The highest BCUT2D eigenvalue weighted by molar-refractivity contribution is 6.05. The molecule has 1 fully saturated rings. The minimum Gasteiger partial charge on any atom is -0.481 e. The number of hydrogen-bond acceptors (Lipinski definition) is 26. The summed E-state index contributed by atoms with van der Waals surface area (Å²) in [6, 6.07) is -6.58. The van der Waals surface area contributed by atoms with E-state index in [-0.39, 0.29) is 61.5 Å². The average molecular weight is 1620 g/mol. The highest BCUT2D eigenvalue weighted by Gasteiger charge is 2.41. The van der Waals surface area contributed by atoms with Crippen LogP contribution in [0.15, 0.2) is 66.9 Å². The fourth-order valence-corrected chi connectivity index (χ4v) is 11.5. The molecule has 0 bridgehead atoms. The summed E-state index contributed by atoms with van der Waals surface area (Å²) >= 11 is 0. The Morgan fingerprint density at radius 3 is 1.71 bits per heavy atom. The maximum atomic E-state index is 14.8. The smallest absolute Gasteiger partial charge is 0.373 e. The maximum absolute atomic E-state index is 14.8. The third-order valence-electron chi connectivity index (χ3n) is 17.8. The van der Waals surface area contributed by atoms with Gasteiger partial charge in [-0.05, 0) is 94.7 Å². The molecule has 0 saturated carbocycles. The molecule has 2 aliphatic rings. The van der Waals surface area contributed by atoms with Crippen LogP contribution in [0, 0.1) is 5.92 Å². The second-order valence-corrected chi connectivity index (χ2v) is 26.9. The molecule has 22 N–H and O–H groups in total. The molecule has 0 spiro atoms. The van der Waals surface area contributed by atoms with Gasteiger partial charge in [-0.25, -0.2) is 4.79 Å². The number of nitrogen functional groups attached to an aromatic ring is 1. The first-order valence-electron chi connectivity index (χ1n) is 36.8. The van der Waals surface area contributed by atoms with Gasteiger partial charge in [0.15, 0.2) is 5.78 Å². The molecule has 1 saturated heterocycles. The van der Waals surface area contributed by atoms with Gasteiger partial charge in [-0.15, -0.1) is 0 Å². The summed E-state index contributed by atoms with van der Waals surface area (Å²) in [6.45, 7) is 9.08. The summed E-state index contributed by atoms with van der Waals surface area (Å²) in [5, 5.41) is 61.3. The van der Waals surface area contributed by atoms with Crippen molar-refractivity contribution in [2.24, 2.45) is 17.4 Å². The molecule has 41 heteroatoms. The number of carboxylic acid groups (broad SMARTS) is 2. The average Bonchev–Trinajstić information content (AvgIpc) is 1.69. The van der Waals surface area contributed by atoms with Crippen LogP contribution in [0.3, 0.4) is 0 Å². The van der Waals surface area contributed by atoms with Crippen LogP contribution in [0.1, 0.15) is 159 Å². The number of allylic oxidation sites excluding steroid dienone is 1. The van der Waals surface area contributed by atoms with Gasteiger partial charge in [0.1, 0.15) is 66.5 Å². The molecule has 4 rings (SSSR count). The zero-order chi connectivity index (χ0) is 86.6. The summed E-state index contributed by atoms with van der Waals surface area (Å²) in [5.41, 5.74) is 19.5. The Balaban J connectivity index is 0.00000723. The van der Waals surface area contributed by atoms with Crippen molar-refractivity contribution in [3.63, 3.8) is 0 Å². The Bertz CT molecular complexity index is 3880. The predicted molar refractivity (Wildman–Crippen MR) is 402 cm³/mol. The number of hydrogen-bond donors (Lipinski definition) is 19. The van der Waals surface area contributed by atoms with Crippen LogP contribution in [-0.2, 0) is 107 Å². The van der Waals surface area contributed by atoms with E-state index in [9.17, 15) is 96.8 Å². The number of fused-ring (bicyclic) bond motifs is 1. The van der Waals surface area contributed by atoms with Crippen LogP contribution in [0.25, 0.3) is 5.57 Å². The number of esters is 1. The molecule has 115 heavy (non-hydrogen) atoms. The quantitative estimate of drug-likeness (QED) is 0.0147. The van der Waals surface area contributed by atoms with Gasteiger partial charge in [0.25, 0.3) is 0 Å². The van der Waals surface area contributed by atoms with Crippen LogP contribution in [0.4, 0.5) is 5.69 Å². The lowest BCUT2D eigenvalue weighted by Gasteiger charge is -2.30. The Labute approximate surface area is 661 Å². The van der Waals surface area contributed by atoms with Crippen molar-refractivity contribution in [2.45, 2.75) is 217 Å². The lowest BCUT2D eigenvalue weighted by Crippen LogP contribution is -2.61. The fraction of sp³-hybridized carbons (Fsp3) is 0.527. The molecular formula is C74H104N16O25. The minimum absolute atomic E-state index is 0.0213. The van der Waals surface area contributed by atoms with Crippen LogP contribution in [0.5, 0.6) is 0 Å². The number of carbonyl (C=O) groups is 17. The SMILES string of the molecule is C=C1NCC(=O)N[C@H](CO)C(=O)N[C@@H](C(C)CC(=O)O)C(=O)N[C@@H](CC(=O)c2ccccc2N)C(=O)O[C@H](C)[C@H](NC(=O)[C@H](CC(=O)O)NC(=O)[C@@H](CC(N)=O)NC(=O)[C@H](CC2=CCc3ccccc32)NC(=O)CCCCCCCCC)C(=O)NCC(=O)N[C@@H](CCCN)C(=O)N[C@@H](C)C(=O)N[C@H](C)C(=O)N[C@H]1C.O=C=O.O=C=O. The number of anilines is 1. The lowest BCUT2D eigenvalue weighted by molar-refractivity contribution is -0.193. The molecule has 1 aliphatic carbocycles. The summed E-state index contributed by atoms with van der Waals surface area (Å²) in [7, 11) is 0. The molecule has 1 unspecified atom stereocenters. The molecule has 13 amide bonds. The van der Waals surface area contributed by atoms with Gasteiger partial charge in [0.05, 0.1) is 45.0 Å². The summed E-state index contributed by atoms with van der Waals surface area (Å²) in [5.74, 6) is -21.9. The Morgan fingerprint density at radius 2 is 1.13 bits per heavy atom. The minimum atomic E-state index is -2.34. The first-order chi connectivity index (χ1) is 54.4. The monoisotopic (exact) mass is 1620 g/mol. The number of ketones is 1. The van der Waals surface area contributed by atoms with E-state index >= 15 is 0 Å². The number of carboxylic acids is 2. The number of nitrogens with one attached hydrogen (secondary N) is 13. The van der Waals surface area contributed by atoms with Gasteiger partial charge in [0, 0.05) is 36.2 Å². The number of carbonyl (C=O) groups excluding carboxylic acids is 19. The van der Waals surface area contributed by atoms with E-state index in [0.717, 1.165) is 56.6 Å². The number of unbranched alkanes of at least 4 members (excludes halogenated alkanes) is 6. The number of rotatable bonds is 31. The van der Waals surface area contributed by atoms with Crippen molar-refractivity contribution in [1.82, 2.24) is 69.1 Å². The third kappa shape index (κ3) is 35.7. The van der Waals surface area contributed by atoms with Crippen LogP contribution < -0.4 is 86.3 Å². The van der Waals surface area contributed by atoms with Crippen molar-refractivity contribution >= 4 is 124 Å². The van der Waals surface area contributed by atoms with Crippen molar-refractivity contribution in [3.8, 4) is 0 Å². The number of cyclic esters (lactones) is 1. The number of aliphatic hydroxyl groups excluding tert-OH is 1. The molecule has 13 atom stereocenters. The molecule has 0 aromatic heterocycles. The number of aliphatic carboxylic acids is 2. The second-order valence-electron chi connectivity index (χ2n) is 26.9. The number of amides is 13. The Morgan fingerprint density at radius 1 is 0.600 bits per heavy atom. The zero-order valence-corrected chi connectivity index (χ0v) is 64.6. The molecule has 2 aromatic carbocycles. The molecule has 2 aromatic rings. The van der Waals surface area contributed by atoms with E-state index in [2.05, 4.69) is 82.6 Å². The van der Waals surface area contributed by atoms with E-state index in [1.165, 1.54) is 52.0 Å². The van der Waals surface area contributed by atoms with Crippen LogP contribution >= 0.6 is 0 Å². The number of primary amides is 1. The standard InChI is InChI=1S/C72H104N16O21.2CO2/c1-8-9-10-11-12-13-14-25-56(92)82-49(30-44-27-26-43-20-15-16-21-45(43)44)66(102)84-50(32-55(75)91)67(103)85-51(33-60(97)98)68(104)88-62-42(7)109-72(108)52(31-54(90)46-22-17-18-23-47(46)74)86-71(107)61(37(2)29-59(95)96)87-69(105)53(36-89)83-57(93)34-76-38(3)39(4)78-63(99)40(5)79-64(100)41(6)80-65(101)48(24-19-28-73)81-58(94)35-77-70(62)106;2*2-1-3/h15-18,20-23,27,37,39-42,48-53,61-62,76,89H,3,8-14,19,24-26,28-36,73-74H2,1-2,4-7H3,(H2,75,91)(H,77,106)(H,78,99)(H,79,100)(H,80,101)(H,81,94)(H,82,92)(H,83,93)(H,84,102)(H,85,103)(H,86,107)(H,87,105)(H,88,104)(H,95,96)(H,97,98);;/t37?,39-,40+,41-,42+,48-,49-,50+,51-,52-,53+,61-,62-;;/m0../s1. The molecule has 630 valence electrons. The molecule has 1 heterocycles. The van der Waals surface area contributed by atoms with Crippen molar-refractivity contribution in [3.05, 3.63) is 83.6 Å². The topological polar surface area (TPSA) is 663 Å². The van der Waals surface area contributed by atoms with Gasteiger partial charge in [-0.2, -0.15) is 19.2 Å². The number of nitrogens with two attached hydrogens (primary N) is 3. The predicted octanol–water partition coefficient (Wildman–Crippen LogP) is -4.41. The highest BCUT2D eigenvalue weighted by atomic mass is 16.5. The number of benzene rings is 2. The van der Waals surface area contributed by atoms with E-state index in [4.69, 9.17) is 41.1 Å². The number of para-hydroxylation sites is 1. The van der Waals surface area contributed by atoms with Crippen molar-refractivity contribution in [1.29, 1.82) is 0 Å². The largest absolute Gasteiger partial charge is 0.481 e. The van der Waals surface area contributed by atoms with E-state index < -0.39 is 224 Å². The summed E-state index contributed by atoms with van der Waals surface area (Å²) in [6.07, 6.45) is 2.51. The zero-order valence-electron chi connectivity index (χ0n) is 64.6. The molecular weight excluding hydrogens is 1510 g/mol. The lowest BCUT2D eigenvalue weighted by atomic mass is 9.96. The molecule has 1 aliphatic heterocycles. The summed E-state index contributed by atoms with van der Waals surface area (Å²) in [4.78, 5) is 267. The van der Waals surface area contributed by atoms with Crippen molar-refractivity contribution in [2.75, 3.05) is 32.0 Å². The van der Waals surface area contributed by atoms with Gasteiger partial charge >= 0.3 is 30.2 Å². The summed E-state index contributed by atoms with van der Waals surface area (Å²) < 4.78 is 5.73. The van der Waals surface area contributed by atoms with Gasteiger partial charge in [0.2, 0.25) is 76.8 Å². The van der Waals surface area contributed by atoms with Crippen LogP contribution in [-0.4, -0.2) is 227 Å². The Hall–Kier alpha value is -12.6. The Kier molecular flexibility index (Phi) is 44.4. The first kappa shape index (κ1) is 98.5. The molecule has 0 radical (unpaired) electrons. The van der Waals surface area contributed by atoms with Gasteiger partial charge < -0.3 is 106 Å². The van der Waals surface area contributed by atoms with Gasteiger partial charge in [-0.3, -0.25) is 76.7 Å². The maximum Gasteiger partial charge on any atom is 0.373 e. The second kappa shape index (κ2) is 51.8. The number of aliphatic hydroxyl groups is 1. The molecule has 41 nitrogen and oxygen atoms in total. The normalized spacial score (nSPS) is 21.1. The first-order valence-corrected chi connectivity index (χ1v) is 36.8. The van der Waals surface area contributed by atoms with Crippen molar-refractivity contribution < 1.29 is 121 Å². The fourth-order valence-electron chi connectivity index (χ4n) is 11.5. The highest BCUT2D eigenvalue weighted by Crippen LogP contribution is 2.31. The van der Waals surface area contributed by atoms with E-state index in [1.54, 1.807) is 6.07 Å². The third-order valence-corrected chi connectivity index (χ3v) is 17.8. The van der Waals surface area contributed by atoms with E-state index in [0.29, 0.717) is 18.4 Å². The number of Topliss-reactive ketones (excluding diaryl/α,β-unsaturated/α-hetero) is 1.